The minimum absolute atomic E-state index is 0.0293. The predicted octanol–water partition coefficient (Wildman–Crippen LogP) is 3.80. The number of fused-ring (bicyclic) bond motifs is 1. The molecule has 0 fully saturated rings. The molecule has 29 heavy (non-hydrogen) atoms. The molecule has 0 bridgehead atoms. The van der Waals surface area contributed by atoms with Crippen molar-refractivity contribution in [3.05, 3.63) is 47.5 Å². The Morgan fingerprint density at radius 1 is 1.10 bits per heavy atom. The molecule has 0 saturated heterocycles. The second-order valence-electron chi connectivity index (χ2n) is 6.27. The quantitative estimate of drug-likeness (QED) is 0.658. The van der Waals surface area contributed by atoms with E-state index in [1.54, 1.807) is 12.2 Å². The molecule has 1 unspecified atom stereocenters. The molecule has 1 amide bonds. The molecule has 3 heterocycles. The molecule has 3 aromatic rings. The topological polar surface area (TPSA) is 72.2 Å². The Morgan fingerprint density at radius 3 is 2.41 bits per heavy atom. The van der Waals surface area contributed by atoms with E-state index in [-0.39, 0.29) is 22.5 Å². The van der Waals surface area contributed by atoms with Gasteiger partial charge in [-0.1, -0.05) is 0 Å². The van der Waals surface area contributed by atoms with Crippen molar-refractivity contribution in [1.29, 1.82) is 0 Å². The molecule has 6 nitrogen and oxygen atoms in total. The first-order chi connectivity index (χ1) is 13.4. The number of rotatable bonds is 3. The van der Waals surface area contributed by atoms with E-state index in [9.17, 15) is 31.1 Å². The van der Waals surface area contributed by atoms with Gasteiger partial charge in [0.25, 0.3) is 5.91 Å². The molecule has 1 atom stereocenters. The van der Waals surface area contributed by atoms with Gasteiger partial charge in [-0.3, -0.25) is 9.78 Å². The first-order valence-electron chi connectivity index (χ1n) is 8.13. The SMILES string of the molecule is Cc1cc(-c2cncc(C(F)(F)F)c2)nc2c(C(=O)NC(C)C(F)(F)F)cnn12. The smallest absolute Gasteiger partial charge is 0.340 e. The zero-order chi connectivity index (χ0) is 21.6. The molecular weight excluding hydrogens is 404 g/mol. The molecular formula is C17H13F6N5O. The third-order valence-corrected chi connectivity index (χ3v) is 4.09. The lowest BCUT2D eigenvalue weighted by molar-refractivity contribution is -0.149. The van der Waals surface area contributed by atoms with E-state index in [1.165, 1.54) is 10.6 Å². The molecule has 0 aliphatic carbocycles. The first-order valence-corrected chi connectivity index (χ1v) is 8.13. The predicted molar refractivity (Wildman–Crippen MR) is 88.9 cm³/mol. The van der Waals surface area contributed by atoms with Gasteiger partial charge in [0.05, 0.1) is 17.5 Å². The van der Waals surface area contributed by atoms with Gasteiger partial charge >= 0.3 is 12.4 Å². The van der Waals surface area contributed by atoms with Crippen LogP contribution in [-0.2, 0) is 6.18 Å². The number of aromatic nitrogens is 4. The Morgan fingerprint density at radius 2 is 1.79 bits per heavy atom. The van der Waals surface area contributed by atoms with Crippen LogP contribution in [0, 0.1) is 6.92 Å². The second kappa shape index (κ2) is 7.01. The molecule has 1 N–H and O–H groups in total. The highest BCUT2D eigenvalue weighted by Gasteiger charge is 2.37. The third kappa shape index (κ3) is 4.15. The minimum Gasteiger partial charge on any atom is -0.340 e. The Kier molecular flexibility index (Phi) is 4.97. The summed E-state index contributed by atoms with van der Waals surface area (Å²) in [5.74, 6) is -1.06. The van der Waals surface area contributed by atoms with Crippen LogP contribution in [0.4, 0.5) is 26.3 Å². The molecule has 3 aromatic heterocycles. The standard InChI is InChI=1S/C17H13F6N5O/c1-8-3-13(10-4-11(6-24-5-10)17(21,22)23)27-14-12(7-25-28(8)14)15(29)26-9(2)16(18,19)20/h3-7,9H,1-2H3,(H,26,29). The molecule has 0 aliphatic rings. The van der Waals surface area contributed by atoms with Gasteiger partial charge in [0.1, 0.15) is 11.6 Å². The van der Waals surface area contributed by atoms with Gasteiger partial charge in [-0.2, -0.15) is 31.4 Å². The Labute approximate surface area is 159 Å². The highest BCUT2D eigenvalue weighted by atomic mass is 19.4. The van der Waals surface area contributed by atoms with Gasteiger partial charge in [-0.15, -0.1) is 0 Å². The van der Waals surface area contributed by atoms with Crippen molar-refractivity contribution in [2.75, 3.05) is 0 Å². The average Bonchev–Trinajstić information content (AvgIpc) is 3.05. The maximum atomic E-state index is 12.9. The van der Waals surface area contributed by atoms with Gasteiger partial charge in [-0.05, 0) is 26.0 Å². The summed E-state index contributed by atoms with van der Waals surface area (Å²) < 4.78 is 78.1. The highest BCUT2D eigenvalue weighted by Crippen LogP contribution is 2.31. The summed E-state index contributed by atoms with van der Waals surface area (Å²) in [6, 6.07) is 0.159. The van der Waals surface area contributed by atoms with E-state index in [1.807, 2.05) is 0 Å². The Hall–Kier alpha value is -3.18. The number of aryl methyl sites for hydroxylation is 1. The van der Waals surface area contributed by atoms with Crippen molar-refractivity contribution in [2.24, 2.45) is 0 Å². The fourth-order valence-electron chi connectivity index (χ4n) is 2.51. The molecule has 12 heteroatoms. The summed E-state index contributed by atoms with van der Waals surface area (Å²) in [6.07, 6.45) is -6.39. The summed E-state index contributed by atoms with van der Waals surface area (Å²) >= 11 is 0. The number of amides is 1. The van der Waals surface area contributed by atoms with Crippen LogP contribution in [0.2, 0.25) is 0 Å². The number of carbonyl (C=O) groups excluding carboxylic acids is 1. The van der Waals surface area contributed by atoms with Crippen molar-refractivity contribution < 1.29 is 31.1 Å². The van der Waals surface area contributed by atoms with Gasteiger partial charge in [0.15, 0.2) is 5.65 Å². The lowest BCUT2D eigenvalue weighted by Gasteiger charge is -2.16. The summed E-state index contributed by atoms with van der Waals surface area (Å²) in [5, 5.41) is 5.72. The zero-order valence-electron chi connectivity index (χ0n) is 14.9. The van der Waals surface area contributed by atoms with Gasteiger partial charge in [0.2, 0.25) is 0 Å². The van der Waals surface area contributed by atoms with Gasteiger partial charge in [-0.25, -0.2) is 9.50 Å². The lowest BCUT2D eigenvalue weighted by atomic mass is 10.1. The summed E-state index contributed by atoms with van der Waals surface area (Å²) in [5.41, 5.74) is -0.825. The van der Waals surface area contributed by atoms with Crippen molar-refractivity contribution in [3.63, 3.8) is 0 Å². The number of hydrogen-bond acceptors (Lipinski definition) is 4. The van der Waals surface area contributed by atoms with E-state index in [2.05, 4.69) is 15.1 Å². The van der Waals surface area contributed by atoms with Crippen molar-refractivity contribution in [2.45, 2.75) is 32.2 Å². The van der Waals surface area contributed by atoms with Crippen LogP contribution in [0.25, 0.3) is 16.9 Å². The van der Waals surface area contributed by atoms with Crippen LogP contribution in [0.5, 0.6) is 0 Å². The summed E-state index contributed by atoms with van der Waals surface area (Å²) in [6.45, 7) is 2.34. The second-order valence-corrected chi connectivity index (χ2v) is 6.27. The molecule has 154 valence electrons. The van der Waals surface area contributed by atoms with E-state index < -0.39 is 29.9 Å². The Bertz CT molecular complexity index is 1070. The maximum Gasteiger partial charge on any atom is 0.417 e. The van der Waals surface area contributed by atoms with Crippen LogP contribution in [-0.4, -0.2) is 37.7 Å². The fourth-order valence-corrected chi connectivity index (χ4v) is 2.51. The van der Waals surface area contributed by atoms with E-state index in [0.717, 1.165) is 25.4 Å². The fraction of sp³-hybridized carbons (Fsp3) is 0.294. The van der Waals surface area contributed by atoms with Crippen LogP contribution >= 0.6 is 0 Å². The molecule has 0 aliphatic heterocycles. The molecule has 0 radical (unpaired) electrons. The van der Waals surface area contributed by atoms with E-state index in [0.29, 0.717) is 11.9 Å². The molecule has 0 saturated carbocycles. The zero-order valence-corrected chi connectivity index (χ0v) is 14.9. The summed E-state index contributed by atoms with van der Waals surface area (Å²) in [7, 11) is 0. The maximum absolute atomic E-state index is 12.9. The van der Waals surface area contributed by atoms with Crippen molar-refractivity contribution in [1.82, 2.24) is 24.9 Å². The number of halogens is 6. The van der Waals surface area contributed by atoms with Crippen LogP contribution in [0.1, 0.15) is 28.5 Å². The summed E-state index contributed by atoms with van der Waals surface area (Å²) in [4.78, 5) is 19.9. The van der Waals surface area contributed by atoms with E-state index >= 15 is 0 Å². The lowest BCUT2D eigenvalue weighted by Crippen LogP contribution is -2.43. The van der Waals surface area contributed by atoms with Crippen LogP contribution in [0.3, 0.4) is 0 Å². The number of alkyl halides is 6. The van der Waals surface area contributed by atoms with Crippen LogP contribution < -0.4 is 5.32 Å². The number of hydrogen-bond donors (Lipinski definition) is 1. The number of carbonyl (C=O) groups is 1. The number of pyridine rings is 1. The average molecular weight is 417 g/mol. The van der Waals surface area contributed by atoms with Crippen LogP contribution in [0.15, 0.2) is 30.7 Å². The number of nitrogens with zero attached hydrogens (tertiary/aromatic N) is 4. The third-order valence-electron chi connectivity index (χ3n) is 4.09. The Balaban J connectivity index is 2.05. The molecule has 0 aromatic carbocycles. The van der Waals surface area contributed by atoms with Gasteiger partial charge < -0.3 is 5.32 Å². The van der Waals surface area contributed by atoms with Crippen molar-refractivity contribution in [3.8, 4) is 11.3 Å². The largest absolute Gasteiger partial charge is 0.417 e. The highest BCUT2D eigenvalue weighted by molar-refractivity contribution is 6.00. The number of nitrogens with one attached hydrogen (secondary N) is 1. The minimum atomic E-state index is -4.64. The van der Waals surface area contributed by atoms with Crippen molar-refractivity contribution >= 4 is 11.6 Å². The van der Waals surface area contributed by atoms with Gasteiger partial charge in [0, 0.05) is 23.7 Å². The molecule has 0 spiro atoms. The first kappa shape index (κ1) is 20.6. The normalized spacial score (nSPS) is 13.5. The molecule has 3 rings (SSSR count). The monoisotopic (exact) mass is 417 g/mol. The van der Waals surface area contributed by atoms with E-state index in [4.69, 9.17) is 0 Å².